The minimum Gasteiger partial charge on any atom is -0.378 e. The summed E-state index contributed by atoms with van der Waals surface area (Å²) in [6, 6.07) is 7.34. The van der Waals surface area contributed by atoms with E-state index in [9.17, 15) is 9.59 Å². The first kappa shape index (κ1) is 12.1. The Balaban J connectivity index is 2.28. The van der Waals surface area contributed by atoms with E-state index in [2.05, 4.69) is 0 Å². The summed E-state index contributed by atoms with van der Waals surface area (Å²) in [5, 5.41) is 9.22. The van der Waals surface area contributed by atoms with Crippen molar-refractivity contribution in [3.05, 3.63) is 35.4 Å². The first-order valence-corrected chi connectivity index (χ1v) is 5.32. The zero-order chi connectivity index (χ0) is 13.3. The second-order valence-electron chi connectivity index (χ2n) is 4.10. The van der Waals surface area contributed by atoms with Crippen LogP contribution in [0.3, 0.4) is 0 Å². The van der Waals surface area contributed by atoms with E-state index in [1.165, 1.54) is 6.08 Å². The molecule has 0 bridgehead atoms. The van der Waals surface area contributed by atoms with Gasteiger partial charge in [-0.3, -0.25) is 14.8 Å². The zero-order valence-corrected chi connectivity index (χ0v) is 10.0. The number of carbonyl (C=O) groups is 2. The number of hydrogen-bond donors (Lipinski definition) is 2. The molecule has 6 nitrogen and oxygen atoms in total. The third-order valence-corrected chi connectivity index (χ3v) is 2.60. The first-order valence-electron chi connectivity index (χ1n) is 5.32. The van der Waals surface area contributed by atoms with Crippen LogP contribution in [0, 0.1) is 0 Å². The third-order valence-electron chi connectivity index (χ3n) is 2.60. The van der Waals surface area contributed by atoms with Crippen LogP contribution in [0.25, 0.3) is 6.08 Å². The lowest BCUT2D eigenvalue weighted by molar-refractivity contribution is -0.169. The molecule has 1 saturated heterocycles. The third kappa shape index (κ3) is 2.18. The van der Waals surface area contributed by atoms with Crippen molar-refractivity contribution < 1.29 is 14.8 Å². The molecule has 1 heterocycles. The Morgan fingerprint density at radius 1 is 1.22 bits per heavy atom. The lowest BCUT2D eigenvalue weighted by atomic mass is 10.1. The van der Waals surface area contributed by atoms with Gasteiger partial charge in [-0.15, -0.1) is 5.17 Å². The Hall–Kier alpha value is -2.34. The smallest absolute Gasteiger partial charge is 0.302 e. The van der Waals surface area contributed by atoms with Crippen molar-refractivity contribution in [3.8, 4) is 0 Å². The highest BCUT2D eigenvalue weighted by molar-refractivity contribution is 6.25. The number of amides is 2. The van der Waals surface area contributed by atoms with Crippen LogP contribution in [0.2, 0.25) is 0 Å². The van der Waals surface area contributed by atoms with Crippen molar-refractivity contribution in [2.75, 3.05) is 19.0 Å². The number of anilines is 1. The fourth-order valence-corrected chi connectivity index (χ4v) is 1.58. The minimum atomic E-state index is -0.753. The topological polar surface area (TPSA) is 72.9 Å². The largest absolute Gasteiger partial charge is 0.378 e. The highest BCUT2D eigenvalue weighted by atomic mass is 16.6. The lowest BCUT2D eigenvalue weighted by Crippen LogP contribution is -2.32. The Labute approximate surface area is 104 Å². The van der Waals surface area contributed by atoms with E-state index >= 15 is 0 Å². The summed E-state index contributed by atoms with van der Waals surface area (Å²) in [7, 11) is 3.84. The van der Waals surface area contributed by atoms with Crippen molar-refractivity contribution in [2.24, 2.45) is 0 Å². The molecule has 18 heavy (non-hydrogen) atoms. The average molecular weight is 247 g/mol. The van der Waals surface area contributed by atoms with Crippen LogP contribution in [0.5, 0.6) is 0 Å². The second kappa shape index (κ2) is 4.50. The van der Waals surface area contributed by atoms with E-state index in [0.29, 0.717) is 0 Å². The van der Waals surface area contributed by atoms with E-state index in [1.54, 1.807) is 12.1 Å². The van der Waals surface area contributed by atoms with Crippen LogP contribution in [-0.2, 0) is 9.59 Å². The van der Waals surface area contributed by atoms with Gasteiger partial charge in [0, 0.05) is 19.8 Å². The van der Waals surface area contributed by atoms with E-state index in [-0.39, 0.29) is 10.7 Å². The molecule has 1 aliphatic heterocycles. The molecule has 2 N–H and O–H groups in total. The van der Waals surface area contributed by atoms with Crippen LogP contribution in [0.15, 0.2) is 29.8 Å². The summed E-state index contributed by atoms with van der Waals surface area (Å²) < 4.78 is 0. The predicted octanol–water partition coefficient (Wildman–Crippen LogP) is 0.399. The molecule has 94 valence electrons. The number of hydrogen-bond acceptors (Lipinski definition) is 4. The Morgan fingerprint density at radius 3 is 2.28 bits per heavy atom. The molecular formula is C12H13N3O3. The van der Waals surface area contributed by atoms with Gasteiger partial charge in [-0.2, -0.15) is 0 Å². The van der Waals surface area contributed by atoms with E-state index in [0.717, 1.165) is 11.3 Å². The highest BCUT2D eigenvalue weighted by Crippen LogP contribution is 2.16. The van der Waals surface area contributed by atoms with Crippen LogP contribution in [0.1, 0.15) is 5.56 Å². The molecule has 0 aliphatic carbocycles. The maximum Gasteiger partial charge on any atom is 0.302 e. The predicted molar refractivity (Wildman–Crippen MR) is 65.5 cm³/mol. The normalized spacial score (nSPS) is 17.3. The molecule has 0 spiro atoms. The number of hydrazine groups is 1. The van der Waals surface area contributed by atoms with Gasteiger partial charge >= 0.3 is 5.91 Å². The molecular weight excluding hydrogens is 234 g/mol. The molecule has 0 saturated carbocycles. The number of hydroxylamine groups is 1. The van der Waals surface area contributed by atoms with Crippen molar-refractivity contribution in [1.29, 1.82) is 0 Å². The highest BCUT2D eigenvalue weighted by Gasteiger charge is 2.32. The van der Waals surface area contributed by atoms with Gasteiger partial charge in [0.2, 0.25) is 0 Å². The van der Waals surface area contributed by atoms with Crippen molar-refractivity contribution >= 4 is 23.6 Å². The molecule has 0 atom stereocenters. The summed E-state index contributed by atoms with van der Waals surface area (Å²) >= 11 is 0. The average Bonchev–Trinajstić information content (AvgIpc) is 2.57. The maximum atomic E-state index is 11.4. The summed E-state index contributed by atoms with van der Waals surface area (Å²) in [5.74, 6) is -1.36. The van der Waals surface area contributed by atoms with Crippen LogP contribution < -0.4 is 10.3 Å². The van der Waals surface area contributed by atoms with Gasteiger partial charge < -0.3 is 4.90 Å². The number of carbonyl (C=O) groups excluding carboxylic acids is 2. The van der Waals surface area contributed by atoms with Gasteiger partial charge in [0.05, 0.1) is 0 Å². The van der Waals surface area contributed by atoms with Crippen molar-refractivity contribution in [2.45, 2.75) is 0 Å². The van der Waals surface area contributed by atoms with Crippen molar-refractivity contribution in [3.63, 3.8) is 0 Å². The second-order valence-corrected chi connectivity index (χ2v) is 4.10. The molecule has 1 aliphatic rings. The molecule has 0 unspecified atom stereocenters. The van der Waals surface area contributed by atoms with Gasteiger partial charge in [-0.25, -0.2) is 5.43 Å². The fourth-order valence-electron chi connectivity index (χ4n) is 1.58. The molecule has 1 fully saturated rings. The van der Waals surface area contributed by atoms with Crippen molar-refractivity contribution in [1.82, 2.24) is 10.6 Å². The van der Waals surface area contributed by atoms with E-state index < -0.39 is 11.8 Å². The first-order chi connectivity index (χ1) is 8.49. The molecule has 2 amide bonds. The SMILES string of the molecule is CN(C)c1ccc(C=C2C(=O)NN(O)C2=O)cc1. The molecule has 1 aromatic rings. The summed E-state index contributed by atoms with van der Waals surface area (Å²) in [5.41, 5.74) is 3.64. The van der Waals surface area contributed by atoms with Crippen LogP contribution >= 0.6 is 0 Å². The lowest BCUT2D eigenvalue weighted by Gasteiger charge is -2.11. The summed E-state index contributed by atoms with van der Waals surface area (Å²) in [6.45, 7) is 0. The van der Waals surface area contributed by atoms with Gasteiger partial charge in [-0.05, 0) is 23.8 Å². The number of nitrogens with one attached hydrogen (secondary N) is 1. The fraction of sp³-hybridized carbons (Fsp3) is 0.167. The minimum absolute atomic E-state index is 0.0879. The molecule has 6 heteroatoms. The summed E-state index contributed by atoms with van der Waals surface area (Å²) in [6.07, 6.45) is 1.44. The number of benzene rings is 1. The molecule has 2 rings (SSSR count). The molecule has 0 radical (unpaired) electrons. The molecule has 0 aromatic heterocycles. The van der Waals surface area contributed by atoms with Gasteiger partial charge in [-0.1, -0.05) is 12.1 Å². The van der Waals surface area contributed by atoms with Gasteiger partial charge in [0.25, 0.3) is 5.91 Å². The number of nitrogens with zero attached hydrogens (tertiary/aromatic N) is 2. The van der Waals surface area contributed by atoms with Crippen LogP contribution in [-0.4, -0.2) is 36.3 Å². The quantitative estimate of drug-likeness (QED) is 0.451. The Bertz CT molecular complexity index is 520. The van der Waals surface area contributed by atoms with E-state index in [1.807, 2.05) is 36.6 Å². The van der Waals surface area contributed by atoms with Gasteiger partial charge in [0.15, 0.2) is 0 Å². The summed E-state index contributed by atoms with van der Waals surface area (Å²) in [4.78, 5) is 24.7. The molecule has 1 aromatic carbocycles. The monoisotopic (exact) mass is 247 g/mol. The zero-order valence-electron chi connectivity index (χ0n) is 10.0. The standard InChI is InChI=1S/C12H13N3O3/c1-14(2)9-5-3-8(4-6-9)7-10-11(16)13-15(18)12(10)17/h3-7,18H,1-2H3,(H,13,16). The maximum absolute atomic E-state index is 11.4. The van der Waals surface area contributed by atoms with Gasteiger partial charge in [0.1, 0.15) is 5.57 Å². The van der Waals surface area contributed by atoms with E-state index in [4.69, 9.17) is 5.21 Å². The number of rotatable bonds is 2. The van der Waals surface area contributed by atoms with Crippen LogP contribution in [0.4, 0.5) is 5.69 Å². The Morgan fingerprint density at radius 2 is 1.83 bits per heavy atom. The Kier molecular flexibility index (Phi) is 3.03.